The molecule has 2 N–H and O–H groups in total. The third-order valence-electron chi connectivity index (χ3n) is 3.86. The molecule has 0 aliphatic heterocycles. The highest BCUT2D eigenvalue weighted by Crippen LogP contribution is 2.28. The average molecular weight is 387 g/mol. The van der Waals surface area contributed by atoms with E-state index in [0.29, 0.717) is 28.6 Å². The Hall–Kier alpha value is -3.26. The molecule has 0 saturated carbocycles. The van der Waals surface area contributed by atoms with Crippen molar-refractivity contribution in [1.82, 2.24) is 4.90 Å². The molecule has 2 aromatic rings. The summed E-state index contributed by atoms with van der Waals surface area (Å²) >= 11 is 0. The van der Waals surface area contributed by atoms with Crippen molar-refractivity contribution in [2.24, 2.45) is 0 Å². The van der Waals surface area contributed by atoms with Gasteiger partial charge < -0.3 is 24.8 Å². The van der Waals surface area contributed by atoms with Crippen LogP contribution in [-0.4, -0.2) is 58.2 Å². The molecule has 8 nitrogen and oxygen atoms in total. The summed E-state index contributed by atoms with van der Waals surface area (Å²) in [6.45, 7) is 0.102. The fourth-order valence-corrected chi connectivity index (χ4v) is 2.54. The van der Waals surface area contributed by atoms with Crippen molar-refractivity contribution >= 4 is 23.2 Å². The quantitative estimate of drug-likeness (QED) is 0.686. The summed E-state index contributed by atoms with van der Waals surface area (Å²) < 4.78 is 15.5. The summed E-state index contributed by atoms with van der Waals surface area (Å²) in [5.41, 5.74) is 1.16. The number of rotatable bonds is 9. The van der Waals surface area contributed by atoms with Crippen LogP contribution in [0.15, 0.2) is 42.5 Å². The number of benzene rings is 2. The monoisotopic (exact) mass is 387 g/mol. The highest BCUT2D eigenvalue weighted by molar-refractivity contribution is 5.95. The van der Waals surface area contributed by atoms with Crippen LogP contribution in [0.2, 0.25) is 0 Å². The molecule has 0 spiro atoms. The average Bonchev–Trinajstić information content (AvgIpc) is 2.67. The van der Waals surface area contributed by atoms with Gasteiger partial charge in [-0.1, -0.05) is 6.07 Å². The molecule has 8 heteroatoms. The van der Waals surface area contributed by atoms with Gasteiger partial charge in [0.1, 0.15) is 17.2 Å². The number of nitrogens with zero attached hydrogens (tertiary/aromatic N) is 1. The van der Waals surface area contributed by atoms with Crippen LogP contribution in [0, 0.1) is 0 Å². The molecule has 2 amide bonds. The van der Waals surface area contributed by atoms with E-state index in [4.69, 9.17) is 14.2 Å². The molecule has 0 aliphatic rings. The summed E-state index contributed by atoms with van der Waals surface area (Å²) in [5.74, 6) is 1.28. The van der Waals surface area contributed by atoms with Crippen molar-refractivity contribution < 1.29 is 23.8 Å². The van der Waals surface area contributed by atoms with Crippen molar-refractivity contribution in [3.05, 3.63) is 42.5 Å². The van der Waals surface area contributed by atoms with Crippen LogP contribution < -0.4 is 24.8 Å². The zero-order chi connectivity index (χ0) is 20.5. The van der Waals surface area contributed by atoms with Gasteiger partial charge in [-0.05, 0) is 31.3 Å². The van der Waals surface area contributed by atoms with Gasteiger partial charge in [-0.3, -0.25) is 14.5 Å². The molecular formula is C20H25N3O5. The molecule has 0 radical (unpaired) electrons. The SMILES string of the molecule is COc1cccc(NC(=O)CN(C)CC(=O)Nc2ccc(OC)cc2OC)c1. The third-order valence-corrected chi connectivity index (χ3v) is 3.86. The molecule has 0 aromatic heterocycles. The number of carbonyl (C=O) groups is 2. The first kappa shape index (κ1) is 21.0. The van der Waals surface area contributed by atoms with E-state index in [1.807, 2.05) is 0 Å². The number of methoxy groups -OCH3 is 3. The second kappa shape index (κ2) is 10.2. The van der Waals surface area contributed by atoms with Crippen LogP contribution in [-0.2, 0) is 9.59 Å². The lowest BCUT2D eigenvalue weighted by atomic mass is 10.2. The van der Waals surface area contributed by atoms with E-state index >= 15 is 0 Å². The first-order valence-corrected chi connectivity index (χ1v) is 8.59. The molecule has 0 atom stereocenters. The lowest BCUT2D eigenvalue weighted by molar-refractivity contribution is -0.119. The molecule has 0 heterocycles. The summed E-state index contributed by atoms with van der Waals surface area (Å²) in [5, 5.41) is 5.55. The van der Waals surface area contributed by atoms with E-state index in [1.54, 1.807) is 68.6 Å². The summed E-state index contributed by atoms with van der Waals surface area (Å²) in [6, 6.07) is 12.2. The Morgan fingerprint density at radius 2 is 1.50 bits per heavy atom. The topological polar surface area (TPSA) is 89.1 Å². The highest BCUT2D eigenvalue weighted by atomic mass is 16.5. The predicted octanol–water partition coefficient (Wildman–Crippen LogP) is 2.22. The van der Waals surface area contributed by atoms with E-state index in [-0.39, 0.29) is 24.9 Å². The Morgan fingerprint density at radius 1 is 0.857 bits per heavy atom. The minimum atomic E-state index is -0.264. The van der Waals surface area contributed by atoms with Gasteiger partial charge in [0.05, 0.1) is 40.1 Å². The van der Waals surface area contributed by atoms with E-state index in [2.05, 4.69) is 10.6 Å². The van der Waals surface area contributed by atoms with Crippen LogP contribution in [0.3, 0.4) is 0 Å². The van der Waals surface area contributed by atoms with Gasteiger partial charge >= 0.3 is 0 Å². The fourth-order valence-electron chi connectivity index (χ4n) is 2.54. The van der Waals surface area contributed by atoms with Gasteiger partial charge in [-0.25, -0.2) is 0 Å². The number of anilines is 2. The van der Waals surface area contributed by atoms with Crippen molar-refractivity contribution in [3.63, 3.8) is 0 Å². The van der Waals surface area contributed by atoms with Crippen molar-refractivity contribution in [2.75, 3.05) is 52.1 Å². The number of likely N-dealkylation sites (N-methyl/N-ethyl adjacent to an activating group) is 1. The standard InChI is InChI=1S/C20H25N3O5/c1-23(12-19(24)21-14-6-5-7-15(10-14)26-2)13-20(25)22-17-9-8-16(27-3)11-18(17)28-4/h5-11H,12-13H2,1-4H3,(H,21,24)(H,22,25). The van der Waals surface area contributed by atoms with Crippen LogP contribution >= 0.6 is 0 Å². The molecule has 0 aliphatic carbocycles. The summed E-state index contributed by atoms with van der Waals surface area (Å²) in [4.78, 5) is 26.1. The van der Waals surface area contributed by atoms with Gasteiger partial charge in [-0.15, -0.1) is 0 Å². The van der Waals surface area contributed by atoms with Gasteiger partial charge in [0.15, 0.2) is 0 Å². The first-order chi connectivity index (χ1) is 13.4. The zero-order valence-corrected chi connectivity index (χ0v) is 16.4. The fraction of sp³-hybridized carbons (Fsp3) is 0.300. The van der Waals surface area contributed by atoms with Crippen LogP contribution in [0.4, 0.5) is 11.4 Å². The van der Waals surface area contributed by atoms with Gasteiger partial charge in [0.2, 0.25) is 11.8 Å². The molecular weight excluding hydrogens is 362 g/mol. The maximum Gasteiger partial charge on any atom is 0.238 e. The Balaban J connectivity index is 1.87. The summed E-state index contributed by atoms with van der Waals surface area (Å²) in [6.07, 6.45) is 0. The Labute approximate surface area is 164 Å². The maximum atomic E-state index is 12.3. The smallest absolute Gasteiger partial charge is 0.238 e. The minimum absolute atomic E-state index is 0.0424. The Bertz CT molecular complexity index is 825. The van der Waals surface area contributed by atoms with E-state index in [0.717, 1.165) is 0 Å². The van der Waals surface area contributed by atoms with Crippen molar-refractivity contribution in [1.29, 1.82) is 0 Å². The lowest BCUT2D eigenvalue weighted by Gasteiger charge is -2.17. The number of hydrogen-bond acceptors (Lipinski definition) is 6. The third kappa shape index (κ3) is 6.17. The second-order valence-electron chi connectivity index (χ2n) is 6.07. The molecule has 0 fully saturated rings. The van der Waals surface area contributed by atoms with E-state index in [1.165, 1.54) is 7.11 Å². The van der Waals surface area contributed by atoms with Crippen LogP contribution in [0.1, 0.15) is 0 Å². The van der Waals surface area contributed by atoms with E-state index in [9.17, 15) is 9.59 Å². The minimum Gasteiger partial charge on any atom is -0.497 e. The normalized spacial score (nSPS) is 10.3. The highest BCUT2D eigenvalue weighted by Gasteiger charge is 2.13. The lowest BCUT2D eigenvalue weighted by Crippen LogP contribution is -2.36. The number of nitrogens with one attached hydrogen (secondary N) is 2. The van der Waals surface area contributed by atoms with Crippen molar-refractivity contribution in [3.8, 4) is 17.2 Å². The Morgan fingerprint density at radius 3 is 2.14 bits per heavy atom. The molecule has 2 rings (SSSR count). The maximum absolute atomic E-state index is 12.3. The number of hydrogen-bond donors (Lipinski definition) is 2. The number of ether oxygens (including phenoxy) is 3. The molecule has 2 aromatic carbocycles. The molecule has 0 unspecified atom stereocenters. The van der Waals surface area contributed by atoms with Crippen LogP contribution in [0.5, 0.6) is 17.2 Å². The van der Waals surface area contributed by atoms with Crippen molar-refractivity contribution in [2.45, 2.75) is 0 Å². The number of carbonyl (C=O) groups excluding carboxylic acids is 2. The molecule has 28 heavy (non-hydrogen) atoms. The largest absolute Gasteiger partial charge is 0.497 e. The molecule has 150 valence electrons. The van der Waals surface area contributed by atoms with E-state index < -0.39 is 0 Å². The van der Waals surface area contributed by atoms with Gasteiger partial charge in [0.25, 0.3) is 0 Å². The molecule has 0 saturated heterocycles. The van der Waals surface area contributed by atoms with Gasteiger partial charge in [-0.2, -0.15) is 0 Å². The first-order valence-electron chi connectivity index (χ1n) is 8.59. The summed E-state index contributed by atoms with van der Waals surface area (Å²) in [7, 11) is 6.32. The molecule has 0 bridgehead atoms. The second-order valence-corrected chi connectivity index (χ2v) is 6.07. The predicted molar refractivity (Wildman–Crippen MR) is 107 cm³/mol. The number of amides is 2. The van der Waals surface area contributed by atoms with Crippen LogP contribution in [0.25, 0.3) is 0 Å². The zero-order valence-electron chi connectivity index (χ0n) is 16.4. The van der Waals surface area contributed by atoms with Gasteiger partial charge in [0, 0.05) is 17.8 Å². The Kier molecular flexibility index (Phi) is 7.65.